The molecular formula is C25H31N3O2. The lowest BCUT2D eigenvalue weighted by Gasteiger charge is -2.45. The monoisotopic (exact) mass is 405 g/mol. The van der Waals surface area contributed by atoms with Crippen LogP contribution in [0, 0.1) is 0 Å². The predicted octanol–water partition coefficient (Wildman–Crippen LogP) is 4.38. The topological polar surface area (TPSA) is 64.9 Å². The lowest BCUT2D eigenvalue weighted by Crippen LogP contribution is -2.56. The van der Waals surface area contributed by atoms with Gasteiger partial charge in [0.1, 0.15) is 11.4 Å². The number of amides is 1. The highest BCUT2D eigenvalue weighted by molar-refractivity contribution is 6.03. The van der Waals surface area contributed by atoms with E-state index in [-0.39, 0.29) is 17.7 Å². The molecule has 30 heavy (non-hydrogen) atoms. The van der Waals surface area contributed by atoms with Gasteiger partial charge in [-0.2, -0.15) is 0 Å². The van der Waals surface area contributed by atoms with Crippen molar-refractivity contribution in [1.82, 2.24) is 10.2 Å². The average molecular weight is 406 g/mol. The Morgan fingerprint density at radius 2 is 1.80 bits per heavy atom. The van der Waals surface area contributed by atoms with Crippen molar-refractivity contribution in [2.45, 2.75) is 57.7 Å². The van der Waals surface area contributed by atoms with Crippen LogP contribution in [0.1, 0.15) is 68.7 Å². The summed E-state index contributed by atoms with van der Waals surface area (Å²) < 4.78 is 0. The summed E-state index contributed by atoms with van der Waals surface area (Å²) in [4.78, 5) is 18.8. The number of rotatable bonds is 3. The summed E-state index contributed by atoms with van der Waals surface area (Å²) in [6, 6.07) is 16.4. The zero-order valence-corrected chi connectivity index (χ0v) is 18.1. The van der Waals surface area contributed by atoms with Gasteiger partial charge < -0.3 is 10.0 Å². The molecule has 0 bridgehead atoms. The van der Waals surface area contributed by atoms with Crippen molar-refractivity contribution < 1.29 is 9.90 Å². The standard InChI is InChI=1S/C25H31N3O2/c1-17(2)19-8-10-20(11-9-19)22-16-23(21-6-4-5-7-24(21)30)27-25(26-22)12-14-28(15-13-25)18(3)29/h4-11,17,22,26,30H,12-16H2,1-3H3. The third-order valence-corrected chi connectivity index (χ3v) is 6.45. The van der Waals surface area contributed by atoms with Gasteiger partial charge in [-0.1, -0.05) is 50.2 Å². The number of nitrogens with zero attached hydrogens (tertiary/aromatic N) is 2. The van der Waals surface area contributed by atoms with E-state index < -0.39 is 5.66 Å². The first-order valence-electron chi connectivity index (χ1n) is 10.9. The molecule has 5 nitrogen and oxygen atoms in total. The number of benzene rings is 2. The highest BCUT2D eigenvalue weighted by atomic mass is 16.3. The molecule has 158 valence electrons. The molecule has 2 aliphatic rings. The van der Waals surface area contributed by atoms with Crippen LogP contribution < -0.4 is 5.32 Å². The Morgan fingerprint density at radius 1 is 1.13 bits per heavy atom. The summed E-state index contributed by atoms with van der Waals surface area (Å²) in [7, 11) is 0. The minimum atomic E-state index is -0.413. The Morgan fingerprint density at radius 3 is 2.40 bits per heavy atom. The smallest absolute Gasteiger partial charge is 0.219 e. The molecule has 2 aromatic rings. The number of piperidine rings is 1. The van der Waals surface area contributed by atoms with Crippen molar-refractivity contribution in [1.29, 1.82) is 0 Å². The van der Waals surface area contributed by atoms with E-state index in [1.54, 1.807) is 13.0 Å². The van der Waals surface area contributed by atoms with E-state index in [0.717, 1.165) is 30.5 Å². The fourth-order valence-electron chi connectivity index (χ4n) is 4.55. The third kappa shape index (κ3) is 4.12. The van der Waals surface area contributed by atoms with Crippen molar-refractivity contribution >= 4 is 11.6 Å². The zero-order valence-electron chi connectivity index (χ0n) is 18.1. The molecule has 1 atom stereocenters. The summed E-state index contributed by atoms with van der Waals surface area (Å²) in [6.07, 6.45) is 2.26. The average Bonchev–Trinajstić information content (AvgIpc) is 2.74. The van der Waals surface area contributed by atoms with Crippen LogP contribution in [0.4, 0.5) is 0 Å². The normalized spacial score (nSPS) is 21.0. The number of phenolic OH excluding ortho intramolecular Hbond substituents is 1. The molecule has 1 unspecified atom stereocenters. The number of hydrogen-bond acceptors (Lipinski definition) is 4. The highest BCUT2D eigenvalue weighted by Gasteiger charge is 2.40. The Labute approximate surface area is 178 Å². The number of aromatic hydroxyl groups is 1. The molecule has 1 spiro atoms. The molecule has 2 aromatic carbocycles. The molecule has 0 radical (unpaired) electrons. The lowest BCUT2D eigenvalue weighted by molar-refractivity contribution is -0.130. The number of phenols is 1. The summed E-state index contributed by atoms with van der Waals surface area (Å²) in [5, 5.41) is 14.3. The minimum Gasteiger partial charge on any atom is -0.507 e. The van der Waals surface area contributed by atoms with Gasteiger partial charge >= 0.3 is 0 Å². The van der Waals surface area contributed by atoms with Crippen molar-refractivity contribution in [3.63, 3.8) is 0 Å². The quantitative estimate of drug-likeness (QED) is 0.797. The van der Waals surface area contributed by atoms with Crippen LogP contribution in [0.25, 0.3) is 0 Å². The maximum atomic E-state index is 11.8. The zero-order chi connectivity index (χ0) is 21.3. The van der Waals surface area contributed by atoms with Gasteiger partial charge in [-0.3, -0.25) is 15.1 Å². The van der Waals surface area contributed by atoms with Crippen molar-refractivity contribution in [2.24, 2.45) is 4.99 Å². The van der Waals surface area contributed by atoms with Gasteiger partial charge in [-0.05, 0) is 29.2 Å². The van der Waals surface area contributed by atoms with Crippen LogP contribution in [0.15, 0.2) is 53.5 Å². The number of aliphatic imine (C=N–C) groups is 1. The molecule has 0 saturated carbocycles. The number of carbonyl (C=O) groups excluding carboxylic acids is 1. The van der Waals surface area contributed by atoms with E-state index in [4.69, 9.17) is 4.99 Å². The summed E-state index contributed by atoms with van der Waals surface area (Å²) in [5.74, 6) is 0.883. The number of hydrogen-bond donors (Lipinski definition) is 2. The molecule has 1 saturated heterocycles. The fraction of sp³-hybridized carbons (Fsp3) is 0.440. The summed E-state index contributed by atoms with van der Waals surface area (Å²) in [5.41, 5.74) is 3.88. The fourth-order valence-corrected chi connectivity index (χ4v) is 4.55. The summed E-state index contributed by atoms with van der Waals surface area (Å²) in [6.45, 7) is 7.42. The van der Waals surface area contributed by atoms with Crippen molar-refractivity contribution in [2.75, 3.05) is 13.1 Å². The second kappa shape index (κ2) is 8.23. The van der Waals surface area contributed by atoms with E-state index in [0.29, 0.717) is 19.0 Å². The molecule has 2 aliphatic heterocycles. The number of likely N-dealkylation sites (tertiary alicyclic amines) is 1. The summed E-state index contributed by atoms with van der Waals surface area (Å²) >= 11 is 0. The van der Waals surface area contributed by atoms with Crippen molar-refractivity contribution in [3.05, 3.63) is 65.2 Å². The van der Waals surface area contributed by atoms with Gasteiger partial charge in [0.15, 0.2) is 0 Å². The Bertz CT molecular complexity index is 941. The maximum Gasteiger partial charge on any atom is 0.219 e. The predicted molar refractivity (Wildman–Crippen MR) is 120 cm³/mol. The Balaban J connectivity index is 1.68. The first-order valence-corrected chi connectivity index (χ1v) is 10.9. The van der Waals surface area contributed by atoms with Gasteiger partial charge in [0.05, 0.1) is 0 Å². The molecule has 0 aromatic heterocycles. The van der Waals surface area contributed by atoms with E-state index in [1.807, 2.05) is 23.1 Å². The molecule has 4 rings (SSSR count). The number of nitrogens with one attached hydrogen (secondary N) is 1. The van der Waals surface area contributed by atoms with Gasteiger partial charge in [0.25, 0.3) is 0 Å². The van der Waals surface area contributed by atoms with Crippen LogP contribution in [0.5, 0.6) is 5.75 Å². The second-order valence-electron chi connectivity index (χ2n) is 8.84. The Kier molecular flexibility index (Phi) is 5.65. The second-order valence-corrected chi connectivity index (χ2v) is 8.84. The third-order valence-electron chi connectivity index (χ3n) is 6.45. The van der Waals surface area contributed by atoms with Crippen LogP contribution in [-0.2, 0) is 4.79 Å². The molecule has 5 heteroatoms. The molecule has 2 N–H and O–H groups in total. The minimum absolute atomic E-state index is 0.113. The van der Waals surface area contributed by atoms with E-state index in [9.17, 15) is 9.90 Å². The Hall–Kier alpha value is -2.66. The van der Waals surface area contributed by atoms with Crippen molar-refractivity contribution in [3.8, 4) is 5.75 Å². The lowest BCUT2D eigenvalue weighted by atomic mass is 9.87. The van der Waals surface area contributed by atoms with E-state index >= 15 is 0 Å². The maximum absolute atomic E-state index is 11.8. The largest absolute Gasteiger partial charge is 0.507 e. The van der Waals surface area contributed by atoms with Gasteiger partial charge in [-0.25, -0.2) is 0 Å². The molecule has 2 heterocycles. The number of para-hydroxylation sites is 1. The first-order chi connectivity index (χ1) is 14.4. The van der Waals surface area contributed by atoms with Crippen LogP contribution in [-0.4, -0.2) is 40.4 Å². The van der Waals surface area contributed by atoms with E-state index in [2.05, 4.69) is 43.4 Å². The SMILES string of the molecule is CC(=O)N1CCC2(CC1)N=C(c1ccccc1O)CC(c1ccc(C(C)C)cc1)N2. The van der Waals surface area contributed by atoms with Crippen LogP contribution in [0.3, 0.4) is 0 Å². The highest BCUT2D eigenvalue weighted by Crippen LogP contribution is 2.36. The van der Waals surface area contributed by atoms with Crippen LogP contribution in [0.2, 0.25) is 0 Å². The van der Waals surface area contributed by atoms with Crippen LogP contribution >= 0.6 is 0 Å². The molecule has 0 aliphatic carbocycles. The van der Waals surface area contributed by atoms with Gasteiger partial charge in [0, 0.05) is 56.6 Å². The molecule has 1 amide bonds. The van der Waals surface area contributed by atoms with E-state index in [1.165, 1.54) is 11.1 Å². The first kappa shape index (κ1) is 20.6. The molecular weight excluding hydrogens is 374 g/mol. The van der Waals surface area contributed by atoms with Gasteiger partial charge in [0.2, 0.25) is 5.91 Å². The number of carbonyl (C=O) groups is 1. The van der Waals surface area contributed by atoms with Gasteiger partial charge in [-0.15, -0.1) is 0 Å². The molecule has 1 fully saturated rings.